The van der Waals surface area contributed by atoms with Crippen molar-refractivity contribution in [2.24, 2.45) is 56.7 Å². The molecule has 0 radical (unpaired) electrons. The number of aliphatic hydroxyl groups excluding tert-OH is 1. The number of ether oxygens (including phenoxy) is 4. The number of rotatable bonds is 7. The number of aromatic nitrogens is 10. The number of halogens is 2. The average molecular weight is 1990 g/mol. The molecule has 6 saturated carbocycles. The van der Waals surface area contributed by atoms with Crippen molar-refractivity contribution < 1.29 is 38.4 Å². The third-order valence-electron chi connectivity index (χ3n) is 37.3. The Labute approximate surface area is 836 Å². The highest BCUT2D eigenvalue weighted by atomic mass is 79.9. The summed E-state index contributed by atoms with van der Waals surface area (Å²) in [4.78, 5) is 38.2. The van der Waals surface area contributed by atoms with Crippen molar-refractivity contribution in [2.75, 3.05) is 26.4 Å². The molecule has 11 aliphatic carbocycles. The third kappa shape index (κ3) is 15.2. The van der Waals surface area contributed by atoms with Crippen LogP contribution in [-0.4, -0.2) is 109 Å². The van der Waals surface area contributed by atoms with Gasteiger partial charge in [-0.1, -0.05) is 255 Å². The van der Waals surface area contributed by atoms with E-state index in [-0.39, 0.29) is 66.2 Å². The lowest BCUT2D eigenvalue weighted by Crippen LogP contribution is -2.62. The van der Waals surface area contributed by atoms with Crippen molar-refractivity contribution in [1.82, 2.24) is 48.9 Å². The fourth-order valence-corrected chi connectivity index (χ4v) is 31.7. The molecule has 8 fully saturated rings. The molecule has 12 aromatic rings. The maximum absolute atomic E-state index is 13.0. The number of benzene rings is 7. The van der Waals surface area contributed by atoms with Gasteiger partial charge in [-0.05, 0) is 237 Å². The van der Waals surface area contributed by atoms with Crippen LogP contribution in [0.2, 0.25) is 0 Å². The zero-order valence-electron chi connectivity index (χ0n) is 83.4. The van der Waals surface area contributed by atoms with Gasteiger partial charge in [-0.2, -0.15) is 25.5 Å². The van der Waals surface area contributed by atoms with Crippen molar-refractivity contribution in [3.8, 4) is 51.0 Å². The topological polar surface area (TPSA) is 197 Å². The summed E-state index contributed by atoms with van der Waals surface area (Å²) in [5, 5.41) is 35.7. The minimum absolute atomic E-state index is 0.0203. The van der Waals surface area contributed by atoms with Crippen LogP contribution < -0.4 is 0 Å². The largest absolute Gasteiger partial charge is 0.515 e. The molecule has 0 bridgehead atoms. The number of nitrogens with zero attached hydrogens (tertiary/aromatic N) is 10. The van der Waals surface area contributed by atoms with Gasteiger partial charge >= 0.3 is 0 Å². The zero-order chi connectivity index (χ0) is 96.8. The molecule has 3 spiro atoms. The Morgan fingerprint density at radius 3 is 1.11 bits per heavy atom. The number of carbonyl (C=O) groups is 3. The standard InChI is InChI=1S/C27H28N2O2.C26H28N2O.C24H29BrN2O2.C22H28N2O2.C20H23BrN2O/c1-26(2)22-15-14-21-23(18-10-6-4-7-11-18)29(20-12-8-5-9-13-20)28-24(21)27(22,3)16-19(17-30)25(26)31;1-25(2)21-15-14-20-23(18-10-6-4-7-11-18)28(19-12-8-5-9-13-19)27-24(20)26(21,3)17-16-22(25)29;1-22-13-14-24(28-15-16-29-24)23(11-5-6-12-23)19(22)10-9-18-20(22)26-27(21(18)25)17-7-3-2-4-8-17;1-20(2)18-10-9-16-15-24(17-7-5-4-6-8-17)23-19(16)21(18,3)11-12-22(20)25-13-14-26-22;1-19(2)15-10-9-14-17(20(15,3)12-11-16(19)24)22-23(18(14)21)13-7-5-4-6-8-13/h4-13,17,22,30H,14-16H2,1-3H3;4-13,21H,14-17H2,1-3H3;2-4,7-8,19H,5-6,9-16H2,1H3;4-8,15,18H,9-14H2,1-3H3;4-8,15H,9-12H2,1-3H3/b19-17-;;;;/t22-,27-;21-,26-;19-,22+;18-,21-;15-,20-/m00100/s1. The average Bonchev–Trinajstić information content (AvgIpc) is 1.64. The van der Waals surface area contributed by atoms with Crippen LogP contribution in [0.5, 0.6) is 0 Å². The summed E-state index contributed by atoms with van der Waals surface area (Å²) in [6, 6.07) is 72.9. The van der Waals surface area contributed by atoms with Gasteiger partial charge in [0.25, 0.3) is 0 Å². The summed E-state index contributed by atoms with van der Waals surface area (Å²) < 4.78 is 37.9. The maximum atomic E-state index is 13.0. The van der Waals surface area contributed by atoms with Crippen LogP contribution in [0.15, 0.2) is 240 Å². The second-order valence-corrected chi connectivity index (χ2v) is 47.3. The summed E-state index contributed by atoms with van der Waals surface area (Å²) in [6.45, 7) is 32.0. The van der Waals surface area contributed by atoms with Gasteiger partial charge in [0.15, 0.2) is 17.4 Å². The number of carbonyl (C=O) groups excluding carboxylic acids is 3. The van der Waals surface area contributed by atoms with Crippen molar-refractivity contribution >= 4 is 49.2 Å². The molecular formula is C119H136Br2N10O8. The van der Waals surface area contributed by atoms with Gasteiger partial charge in [0.05, 0.1) is 101 Å². The van der Waals surface area contributed by atoms with Crippen LogP contribution in [0.1, 0.15) is 262 Å². The van der Waals surface area contributed by atoms with Gasteiger partial charge in [0.1, 0.15) is 20.8 Å². The third-order valence-corrected chi connectivity index (χ3v) is 38.9. The summed E-state index contributed by atoms with van der Waals surface area (Å²) in [6.07, 6.45) is 26.5. The van der Waals surface area contributed by atoms with Crippen molar-refractivity contribution in [3.63, 3.8) is 0 Å². The number of Topliss-reactive ketones (excluding diaryl/α,β-unsaturated/α-hetero) is 3. The maximum Gasteiger partial charge on any atom is 0.174 e. The monoisotopic (exact) mass is 1990 g/mol. The first kappa shape index (κ1) is 95.1. The van der Waals surface area contributed by atoms with Gasteiger partial charge < -0.3 is 24.1 Å². The van der Waals surface area contributed by atoms with E-state index in [1.54, 1.807) is 0 Å². The quantitative estimate of drug-likeness (QED) is 0.117. The van der Waals surface area contributed by atoms with Gasteiger partial charge in [0, 0.05) is 125 Å². The number of aliphatic hydroxyl groups is 1. The van der Waals surface area contributed by atoms with E-state index in [0.29, 0.717) is 60.1 Å². The van der Waals surface area contributed by atoms with Crippen LogP contribution in [-0.2, 0) is 92.5 Å². The molecule has 5 aromatic heterocycles. The lowest BCUT2D eigenvalue weighted by molar-refractivity contribution is -0.286. The molecule has 0 amide bonds. The second kappa shape index (κ2) is 35.8. The van der Waals surface area contributed by atoms with Gasteiger partial charge in [-0.15, -0.1) is 0 Å². The first-order valence-corrected chi connectivity index (χ1v) is 53.1. The number of aryl methyl sites for hydroxylation is 1. The molecule has 7 aromatic carbocycles. The Morgan fingerprint density at radius 2 is 0.676 bits per heavy atom. The molecule has 10 atom stereocenters. The number of hydrogen-bond acceptors (Lipinski definition) is 13. The minimum atomic E-state index is -0.539. The summed E-state index contributed by atoms with van der Waals surface area (Å²) in [5.41, 5.74) is 22.3. The predicted octanol–water partition coefficient (Wildman–Crippen LogP) is 26.2. The van der Waals surface area contributed by atoms with Gasteiger partial charge in [-0.3, -0.25) is 14.4 Å². The number of fused-ring (bicyclic) bond motifs is 17. The fourth-order valence-electron chi connectivity index (χ4n) is 30.3. The molecule has 13 aliphatic rings. The highest BCUT2D eigenvalue weighted by Crippen LogP contribution is 2.70. The molecule has 2 aliphatic heterocycles. The first-order valence-electron chi connectivity index (χ1n) is 51.5. The highest BCUT2D eigenvalue weighted by molar-refractivity contribution is 9.10. The lowest BCUT2D eigenvalue weighted by atomic mass is 9.47. The molecule has 0 unspecified atom stereocenters. The van der Waals surface area contributed by atoms with Crippen molar-refractivity contribution in [3.05, 3.63) is 296 Å². The molecule has 724 valence electrons. The molecule has 20 heteroatoms. The van der Waals surface area contributed by atoms with E-state index >= 15 is 0 Å². The molecule has 139 heavy (non-hydrogen) atoms. The number of ketones is 3. The molecule has 1 N–H and O–H groups in total. The normalized spacial score (nSPS) is 28.5. The van der Waals surface area contributed by atoms with E-state index in [1.807, 2.05) is 67.1 Å². The number of allylic oxidation sites excluding steroid dienone is 1. The van der Waals surface area contributed by atoms with Crippen LogP contribution >= 0.6 is 31.9 Å². The van der Waals surface area contributed by atoms with Crippen LogP contribution in [0, 0.1) is 56.7 Å². The number of para-hydroxylation sites is 5. The zero-order valence-corrected chi connectivity index (χ0v) is 86.5. The highest BCUT2D eigenvalue weighted by Gasteiger charge is 2.70. The van der Waals surface area contributed by atoms with E-state index in [9.17, 15) is 19.5 Å². The van der Waals surface area contributed by atoms with Gasteiger partial charge in [-0.25, -0.2) is 23.4 Å². The molecule has 7 heterocycles. The lowest BCUT2D eigenvalue weighted by Gasteiger charge is -2.60. The van der Waals surface area contributed by atoms with E-state index < -0.39 is 11.2 Å². The van der Waals surface area contributed by atoms with Crippen molar-refractivity contribution in [2.45, 2.75) is 276 Å². The van der Waals surface area contributed by atoms with Crippen LogP contribution in [0.25, 0.3) is 51.0 Å². The first-order chi connectivity index (χ1) is 66.7. The summed E-state index contributed by atoms with van der Waals surface area (Å²) in [7, 11) is 0. The smallest absolute Gasteiger partial charge is 0.174 e. The van der Waals surface area contributed by atoms with Gasteiger partial charge in [0.2, 0.25) is 0 Å². The van der Waals surface area contributed by atoms with E-state index in [2.05, 4.69) is 297 Å². The Morgan fingerprint density at radius 1 is 0.338 bits per heavy atom. The number of hydrogen-bond donors (Lipinski definition) is 1. The Bertz CT molecular complexity index is 6640. The van der Waals surface area contributed by atoms with E-state index in [4.69, 9.17) is 44.4 Å². The predicted molar refractivity (Wildman–Crippen MR) is 552 cm³/mol. The SMILES string of the molecule is CC1(C)C(=O)/C(=C\O)C[C@]2(C)c3nn(-c4ccccc4)c(-c4ccccc4)c3CC[C@@H]12.CC1(C)C(=O)CC[C@]2(C)c3nn(-c4ccccc4)c(-c4ccccc4)c3CC[C@@H]12.CC1(C)C(=O)CC[C@]2(C)c3nn(-c4ccccc4)c(Br)c3CC[C@@H]12.CC1(C)[C@@H]2CCc3cn(-c4ccccc4)nc3[C@@]2(C)CCC12OCCO2.C[C@]12CCC3(OCCO3)C3(CCCC3)[C@@H]1CCc1c2nn(-c2ccccc2)c1Br. The molecular weight excluding hydrogens is 1860 g/mol. The molecule has 18 nitrogen and oxygen atoms in total. The second-order valence-electron chi connectivity index (χ2n) is 45.8. The molecule has 2 saturated heterocycles. The minimum Gasteiger partial charge on any atom is -0.515 e. The van der Waals surface area contributed by atoms with Crippen molar-refractivity contribution in [1.29, 1.82) is 0 Å². The molecule has 25 rings (SSSR count). The Hall–Kier alpha value is -10.1. The Balaban J connectivity index is 0.000000104. The summed E-state index contributed by atoms with van der Waals surface area (Å²) >= 11 is 7.69. The van der Waals surface area contributed by atoms with E-state index in [1.165, 1.54) is 100 Å². The van der Waals surface area contributed by atoms with E-state index in [0.717, 1.165) is 177 Å². The Kier molecular flexibility index (Phi) is 24.5. The fraction of sp³-hybridized carbons (Fsp3) is 0.479. The summed E-state index contributed by atoms with van der Waals surface area (Å²) in [5.74, 6) is 2.09. The van der Waals surface area contributed by atoms with Crippen LogP contribution in [0.4, 0.5) is 0 Å². The van der Waals surface area contributed by atoms with Crippen LogP contribution in [0.3, 0.4) is 0 Å².